The van der Waals surface area contributed by atoms with Gasteiger partial charge in [-0.1, -0.05) is 48.5 Å². The number of fused-ring (bicyclic) bond motifs is 2. The molecule has 2 aromatic carbocycles. The number of halogens is 2. The van der Waals surface area contributed by atoms with Gasteiger partial charge >= 0.3 is 35.0 Å². The van der Waals surface area contributed by atoms with E-state index in [1.54, 1.807) is 0 Å². The predicted octanol–water partition coefficient (Wildman–Crippen LogP) is 5.85. The van der Waals surface area contributed by atoms with Gasteiger partial charge in [0.15, 0.2) is 0 Å². The Morgan fingerprint density at radius 2 is 0.913 bits per heavy atom. The summed E-state index contributed by atoms with van der Waals surface area (Å²) in [6.45, 7) is 0. The molecule has 0 N–H and O–H groups in total. The molecule has 4 aromatic rings. The fourth-order valence-corrected chi connectivity index (χ4v) is 2.03. The second-order valence-corrected chi connectivity index (χ2v) is 6.80. The van der Waals surface area contributed by atoms with Gasteiger partial charge in [-0.15, -0.1) is 0 Å². The van der Waals surface area contributed by atoms with Gasteiger partial charge in [-0.2, -0.15) is 0 Å². The van der Waals surface area contributed by atoms with Gasteiger partial charge < -0.3 is 0 Å². The van der Waals surface area contributed by atoms with E-state index in [1.165, 1.54) is 10.8 Å². The molecule has 0 fully saturated rings. The molecule has 0 radical (unpaired) electrons. The van der Waals surface area contributed by atoms with E-state index in [0.29, 0.717) is 0 Å². The number of rotatable bonds is 0. The van der Waals surface area contributed by atoms with Gasteiger partial charge in [-0.3, -0.25) is 9.97 Å². The van der Waals surface area contributed by atoms with E-state index in [2.05, 4.69) is 34.2 Å². The number of hydrogen-bond donors (Lipinski definition) is 0. The monoisotopic (exact) mass is 434 g/mol. The smallest absolute Gasteiger partial charge is 0.0701 e. The summed E-state index contributed by atoms with van der Waals surface area (Å²) in [7, 11) is 9.63. The molecule has 0 saturated carbocycles. The molecule has 0 spiro atoms. The van der Waals surface area contributed by atoms with Crippen molar-refractivity contribution < 1.29 is 15.9 Å². The number of nitrogens with zero attached hydrogens (tertiary/aromatic N) is 2. The predicted molar refractivity (Wildman–Crippen MR) is 95.2 cm³/mol. The summed E-state index contributed by atoms with van der Waals surface area (Å²) in [6, 6.07) is 24.2. The zero-order chi connectivity index (χ0) is 16.3. The third-order valence-corrected chi connectivity index (χ3v) is 3.02. The van der Waals surface area contributed by atoms with Gasteiger partial charge in [-0.05, 0) is 24.3 Å². The van der Waals surface area contributed by atoms with Crippen LogP contribution in [0.2, 0.25) is 0 Å². The quantitative estimate of drug-likeness (QED) is 0.324. The first-order chi connectivity index (χ1) is 11.3. The first kappa shape index (κ1) is 17.8. The fraction of sp³-hybridized carbons (Fsp3) is 0. The zero-order valence-corrected chi connectivity index (χ0v) is 15.1. The van der Waals surface area contributed by atoms with Crippen molar-refractivity contribution in [2.75, 3.05) is 0 Å². The minimum atomic E-state index is -0.106. The van der Waals surface area contributed by atoms with E-state index >= 15 is 0 Å². The summed E-state index contributed by atoms with van der Waals surface area (Å²) in [5, 5.41) is 2.40. The summed E-state index contributed by atoms with van der Waals surface area (Å²) in [5.74, 6) is 0. The molecule has 2 nitrogen and oxygen atoms in total. The van der Waals surface area contributed by atoms with Crippen LogP contribution < -0.4 is 0 Å². The van der Waals surface area contributed by atoms with Crippen molar-refractivity contribution in [3.63, 3.8) is 0 Å². The third-order valence-electron chi connectivity index (χ3n) is 3.02. The first-order valence-corrected chi connectivity index (χ1v) is 10.8. The van der Waals surface area contributed by atoms with Crippen LogP contribution in [0, 0.1) is 0 Å². The molecule has 0 aliphatic rings. The molecule has 23 heavy (non-hydrogen) atoms. The Hall–Kier alpha value is -1.50. The maximum atomic E-state index is 4.81. The van der Waals surface area contributed by atoms with Crippen LogP contribution in [0.25, 0.3) is 21.8 Å². The van der Waals surface area contributed by atoms with Gasteiger partial charge in [0, 0.05) is 23.2 Å². The Morgan fingerprint density at radius 1 is 0.565 bits per heavy atom. The molecule has 0 unspecified atom stereocenters. The van der Waals surface area contributed by atoms with E-state index in [4.69, 9.17) is 19.1 Å². The number of hydrogen-bond acceptors (Lipinski definition) is 2. The van der Waals surface area contributed by atoms with E-state index in [1.807, 2.05) is 60.9 Å². The van der Waals surface area contributed by atoms with E-state index in [0.717, 1.165) is 11.0 Å². The molecule has 0 amide bonds. The maximum Gasteiger partial charge on any atom is 0.0701 e. The van der Waals surface area contributed by atoms with Crippen LogP contribution in [0.4, 0.5) is 0 Å². The molecular formula is C18H14Cl2N2Pd. The Labute approximate surface area is 151 Å². The summed E-state index contributed by atoms with van der Waals surface area (Å²) in [5.41, 5.74) is 2.12. The van der Waals surface area contributed by atoms with Crippen LogP contribution in [0.1, 0.15) is 0 Å². The number of aromatic nitrogens is 2. The minimum absolute atomic E-state index is 0.106. The van der Waals surface area contributed by atoms with Crippen molar-refractivity contribution in [1.29, 1.82) is 0 Å². The molecule has 2 heterocycles. The standard InChI is InChI=1S/2C9H7N.2ClH.Pd/c2*1-2-6-9-8(4-1)5-3-7-10-9;;;/h2*1-7H;2*1H;/q;;;;+2/p-2. The van der Waals surface area contributed by atoms with Crippen LogP contribution in [-0.4, -0.2) is 9.97 Å². The third kappa shape index (κ3) is 5.90. The van der Waals surface area contributed by atoms with E-state index in [-0.39, 0.29) is 15.9 Å². The van der Waals surface area contributed by atoms with Crippen LogP contribution in [0.3, 0.4) is 0 Å². The van der Waals surface area contributed by atoms with Gasteiger partial charge in [0.25, 0.3) is 0 Å². The summed E-state index contributed by atoms with van der Waals surface area (Å²) in [4.78, 5) is 8.36. The molecule has 5 heteroatoms. The molecule has 0 saturated heterocycles. The van der Waals surface area contributed by atoms with Crippen LogP contribution in [0.15, 0.2) is 85.2 Å². The second kappa shape index (κ2) is 10.3. The van der Waals surface area contributed by atoms with Gasteiger partial charge in [0.1, 0.15) is 0 Å². The topological polar surface area (TPSA) is 25.8 Å². The summed E-state index contributed by atoms with van der Waals surface area (Å²) < 4.78 is 0. The molecule has 4 rings (SSSR count). The van der Waals surface area contributed by atoms with Crippen LogP contribution >= 0.6 is 19.1 Å². The normalized spacial score (nSPS) is 9.65. The number of benzene rings is 2. The Morgan fingerprint density at radius 3 is 1.30 bits per heavy atom. The van der Waals surface area contributed by atoms with Crippen LogP contribution in [0.5, 0.6) is 0 Å². The largest absolute Gasteiger partial charge is 0.256 e. The van der Waals surface area contributed by atoms with E-state index < -0.39 is 0 Å². The molecule has 0 atom stereocenters. The Bertz CT molecular complexity index is 653. The van der Waals surface area contributed by atoms with Crippen molar-refractivity contribution in [3.05, 3.63) is 85.2 Å². The zero-order valence-electron chi connectivity index (χ0n) is 12.0. The van der Waals surface area contributed by atoms with Gasteiger partial charge in [0.05, 0.1) is 11.0 Å². The molecule has 120 valence electrons. The van der Waals surface area contributed by atoms with Crippen molar-refractivity contribution in [2.24, 2.45) is 0 Å². The van der Waals surface area contributed by atoms with Gasteiger partial charge in [0.2, 0.25) is 0 Å². The maximum absolute atomic E-state index is 4.81. The van der Waals surface area contributed by atoms with Crippen molar-refractivity contribution in [1.82, 2.24) is 9.97 Å². The van der Waals surface area contributed by atoms with Crippen LogP contribution in [-0.2, 0) is 15.9 Å². The summed E-state index contributed by atoms with van der Waals surface area (Å²) >= 11 is -0.106. The SMILES string of the molecule is [Cl][Pd][Cl].c1ccc2ncccc2c1.c1ccc2ncccc2c1. The first-order valence-electron chi connectivity index (χ1n) is 6.77. The van der Waals surface area contributed by atoms with Crippen molar-refractivity contribution in [3.8, 4) is 0 Å². The fourth-order valence-electron chi connectivity index (χ4n) is 2.03. The average Bonchev–Trinajstić information content (AvgIpc) is 2.63. The Kier molecular flexibility index (Phi) is 8.00. The molecular weight excluding hydrogens is 422 g/mol. The van der Waals surface area contributed by atoms with Gasteiger partial charge in [-0.25, -0.2) is 0 Å². The average molecular weight is 436 g/mol. The summed E-state index contributed by atoms with van der Waals surface area (Å²) in [6.07, 6.45) is 3.62. The van der Waals surface area contributed by atoms with Crippen molar-refractivity contribution >= 4 is 40.9 Å². The molecule has 2 aromatic heterocycles. The Balaban J connectivity index is 0.000000143. The second-order valence-electron chi connectivity index (χ2n) is 4.44. The molecule has 0 aliphatic carbocycles. The van der Waals surface area contributed by atoms with E-state index in [9.17, 15) is 0 Å². The number of pyridine rings is 2. The molecule has 0 bridgehead atoms. The molecule has 0 aliphatic heterocycles. The minimum Gasteiger partial charge on any atom is -0.256 e. The van der Waals surface area contributed by atoms with Crippen molar-refractivity contribution in [2.45, 2.75) is 0 Å². The number of para-hydroxylation sites is 2.